The average molecular weight is 526 g/mol. The zero-order valence-electron chi connectivity index (χ0n) is 23.0. The van der Waals surface area contributed by atoms with Gasteiger partial charge in [-0.25, -0.2) is 10.1 Å². The predicted octanol–water partition coefficient (Wildman–Crippen LogP) is 8.05. The summed E-state index contributed by atoms with van der Waals surface area (Å²) >= 11 is 0. The molecular weight excluding hydrogens is 494 g/mol. The third kappa shape index (κ3) is 5.55. The van der Waals surface area contributed by atoms with Crippen molar-refractivity contribution in [3.8, 4) is 11.8 Å². The topological polar surface area (TPSA) is 49.8 Å². The highest BCUT2D eigenvalue weighted by atomic mass is 16.5. The Kier molecular flexibility index (Phi) is 7.58. The molecule has 2 aliphatic rings. The first kappa shape index (κ1) is 26.6. The van der Waals surface area contributed by atoms with Crippen molar-refractivity contribution in [3.05, 3.63) is 142 Å². The van der Waals surface area contributed by atoms with Crippen LogP contribution < -0.4 is 9.64 Å². The van der Waals surface area contributed by atoms with Gasteiger partial charge in [-0.05, 0) is 64.5 Å². The van der Waals surface area contributed by atoms with Crippen LogP contribution in [0.3, 0.4) is 0 Å². The van der Waals surface area contributed by atoms with E-state index in [4.69, 9.17) is 16.0 Å². The fraction of sp³-hybridized carbons (Fsp3) is 0.200. The molecule has 0 atom stereocenters. The molecule has 3 aromatic rings. The lowest BCUT2D eigenvalue weighted by Crippen LogP contribution is -2.37. The zero-order valence-corrected chi connectivity index (χ0v) is 23.0. The lowest BCUT2D eigenvalue weighted by atomic mass is 9.76. The molecular formula is C35H31N3O2. The molecule has 0 amide bonds. The number of ether oxygens (including phenoxy) is 2. The summed E-state index contributed by atoms with van der Waals surface area (Å²) in [4.78, 5) is 5.83. The van der Waals surface area contributed by atoms with Crippen LogP contribution >= 0.6 is 0 Å². The molecule has 5 nitrogen and oxygen atoms in total. The number of benzene rings is 3. The smallest absolute Gasteiger partial charge is 0.269 e. The Hall–Kier alpha value is -5.00. The molecule has 0 N–H and O–H groups in total. The lowest BCUT2D eigenvalue weighted by molar-refractivity contribution is 0.396. The Morgan fingerprint density at radius 2 is 1.80 bits per heavy atom. The summed E-state index contributed by atoms with van der Waals surface area (Å²) in [6.07, 6.45) is 8.39. The molecule has 0 aromatic heterocycles. The summed E-state index contributed by atoms with van der Waals surface area (Å²) in [5, 5.41) is 9.51. The van der Waals surface area contributed by atoms with Crippen LogP contribution in [-0.2, 0) is 16.7 Å². The largest absolute Gasteiger partial charge is 0.495 e. The molecule has 2 aliphatic heterocycles. The van der Waals surface area contributed by atoms with Crippen LogP contribution in [0.4, 0.5) is 5.69 Å². The quantitative estimate of drug-likeness (QED) is 0.241. The fourth-order valence-corrected chi connectivity index (χ4v) is 5.16. The molecule has 0 bridgehead atoms. The molecule has 0 aliphatic carbocycles. The van der Waals surface area contributed by atoms with E-state index in [1.165, 1.54) is 11.1 Å². The minimum absolute atomic E-state index is 0.0172. The highest BCUT2D eigenvalue weighted by Gasteiger charge is 2.34. The van der Waals surface area contributed by atoms with E-state index in [1.54, 1.807) is 19.3 Å². The van der Waals surface area contributed by atoms with Crippen LogP contribution in [0.15, 0.2) is 108 Å². The number of methoxy groups -OCH3 is 1. The van der Waals surface area contributed by atoms with Gasteiger partial charge in [-0.3, -0.25) is 0 Å². The van der Waals surface area contributed by atoms with Gasteiger partial charge in [0.15, 0.2) is 0 Å². The second-order valence-corrected chi connectivity index (χ2v) is 10.5. The van der Waals surface area contributed by atoms with E-state index in [2.05, 4.69) is 60.0 Å². The zero-order chi connectivity index (χ0) is 28.1. The maximum atomic E-state index is 9.51. The Morgan fingerprint density at radius 3 is 2.48 bits per heavy atom. The first-order valence-corrected chi connectivity index (χ1v) is 13.3. The van der Waals surface area contributed by atoms with Crippen molar-refractivity contribution in [2.24, 2.45) is 0 Å². The molecule has 0 radical (unpaired) electrons. The van der Waals surface area contributed by atoms with Crippen molar-refractivity contribution in [2.75, 3.05) is 18.6 Å². The first-order valence-electron chi connectivity index (χ1n) is 13.3. The van der Waals surface area contributed by atoms with Crippen molar-refractivity contribution in [1.29, 1.82) is 5.26 Å². The van der Waals surface area contributed by atoms with Crippen molar-refractivity contribution in [1.82, 2.24) is 0 Å². The highest BCUT2D eigenvalue weighted by molar-refractivity contribution is 5.74. The van der Waals surface area contributed by atoms with Gasteiger partial charge in [0.1, 0.15) is 17.3 Å². The third-order valence-electron chi connectivity index (χ3n) is 7.39. The predicted molar refractivity (Wildman–Crippen MR) is 160 cm³/mol. The molecule has 0 unspecified atom stereocenters. The van der Waals surface area contributed by atoms with Gasteiger partial charge < -0.3 is 14.4 Å². The van der Waals surface area contributed by atoms with E-state index in [1.807, 2.05) is 54.6 Å². The van der Waals surface area contributed by atoms with E-state index < -0.39 is 0 Å². The van der Waals surface area contributed by atoms with E-state index >= 15 is 0 Å². The van der Waals surface area contributed by atoms with Gasteiger partial charge in [-0.1, -0.05) is 80.6 Å². The van der Waals surface area contributed by atoms with Gasteiger partial charge in [-0.2, -0.15) is 0 Å². The fourth-order valence-electron chi connectivity index (χ4n) is 5.16. The van der Waals surface area contributed by atoms with Crippen LogP contribution in [0.2, 0.25) is 0 Å². The number of rotatable bonds is 6. The van der Waals surface area contributed by atoms with Crippen LogP contribution in [-0.4, -0.2) is 13.7 Å². The van der Waals surface area contributed by atoms with E-state index in [0.29, 0.717) is 17.1 Å². The van der Waals surface area contributed by atoms with Crippen LogP contribution in [0.5, 0.6) is 5.75 Å². The minimum atomic E-state index is -0.0172. The molecule has 2 heterocycles. The van der Waals surface area contributed by atoms with Gasteiger partial charge in [0.2, 0.25) is 0 Å². The van der Waals surface area contributed by atoms with E-state index in [-0.39, 0.29) is 11.1 Å². The van der Waals surface area contributed by atoms with Gasteiger partial charge in [0, 0.05) is 18.7 Å². The number of hydrogen-bond donors (Lipinski definition) is 0. The monoisotopic (exact) mass is 525 g/mol. The van der Waals surface area contributed by atoms with Crippen molar-refractivity contribution < 1.29 is 9.47 Å². The second-order valence-electron chi connectivity index (χ2n) is 10.5. The third-order valence-corrected chi connectivity index (χ3v) is 7.39. The normalized spacial score (nSPS) is 17.1. The Bertz CT molecular complexity index is 1600. The summed E-state index contributed by atoms with van der Waals surface area (Å²) < 4.78 is 12.2. The van der Waals surface area contributed by atoms with Gasteiger partial charge in [0.25, 0.3) is 5.70 Å². The minimum Gasteiger partial charge on any atom is -0.495 e. The SMILES string of the molecule is [C-]#[N+]C(C#N)=C1C=C(C=Cc2cc(OC)c3c(c2)C(C)(C)CCN3Cc2ccccc2)OC(c2ccccc2)=C1. The molecule has 0 spiro atoms. The highest BCUT2D eigenvalue weighted by Crippen LogP contribution is 2.46. The summed E-state index contributed by atoms with van der Waals surface area (Å²) in [7, 11) is 1.72. The Labute approximate surface area is 236 Å². The molecule has 5 rings (SSSR count). The summed E-state index contributed by atoms with van der Waals surface area (Å²) in [5.74, 6) is 1.98. The summed E-state index contributed by atoms with van der Waals surface area (Å²) in [6, 6.07) is 26.5. The molecule has 0 saturated carbocycles. The van der Waals surface area contributed by atoms with E-state index in [0.717, 1.165) is 42.1 Å². The van der Waals surface area contributed by atoms with Crippen LogP contribution in [0.25, 0.3) is 16.7 Å². The Balaban J connectivity index is 1.51. The second kappa shape index (κ2) is 11.4. The molecule has 0 fully saturated rings. The van der Waals surface area contributed by atoms with Crippen LogP contribution in [0, 0.1) is 17.9 Å². The number of nitrogens with zero attached hydrogens (tertiary/aromatic N) is 3. The Morgan fingerprint density at radius 1 is 1.07 bits per heavy atom. The number of nitriles is 1. The summed E-state index contributed by atoms with van der Waals surface area (Å²) in [6.45, 7) is 13.8. The molecule has 5 heteroatoms. The van der Waals surface area contributed by atoms with Crippen molar-refractivity contribution in [3.63, 3.8) is 0 Å². The average Bonchev–Trinajstić information content (AvgIpc) is 2.99. The standard InChI is InChI=1S/C35H31N3O2/c1-35(2)17-18-38(24-25-11-7-5-8-12-25)34-30(35)19-26(20-33(34)39-4)15-16-29-21-28(31(23-36)37-3)22-32(40-29)27-13-9-6-10-14-27/h5-16,19-22H,17-18,24H2,1-2,4H3. The van der Waals surface area contributed by atoms with Crippen LogP contribution in [0.1, 0.15) is 42.5 Å². The number of allylic oxidation sites excluding steroid dienone is 5. The van der Waals surface area contributed by atoms with Gasteiger partial charge >= 0.3 is 0 Å². The van der Waals surface area contributed by atoms with E-state index in [9.17, 15) is 5.26 Å². The molecule has 3 aromatic carbocycles. The molecule has 198 valence electrons. The van der Waals surface area contributed by atoms with Gasteiger partial charge in [-0.15, -0.1) is 0 Å². The maximum Gasteiger partial charge on any atom is 0.269 e. The maximum absolute atomic E-state index is 9.51. The number of hydrogen-bond acceptors (Lipinski definition) is 4. The summed E-state index contributed by atoms with van der Waals surface area (Å²) in [5.41, 5.74) is 6.06. The molecule has 0 saturated heterocycles. The lowest BCUT2D eigenvalue weighted by Gasteiger charge is -2.41. The number of fused-ring (bicyclic) bond motifs is 1. The van der Waals surface area contributed by atoms with Crippen molar-refractivity contribution >= 4 is 17.5 Å². The van der Waals surface area contributed by atoms with Crippen molar-refractivity contribution in [2.45, 2.75) is 32.2 Å². The van der Waals surface area contributed by atoms with Gasteiger partial charge in [0.05, 0.1) is 25.4 Å². The number of anilines is 1. The first-order chi connectivity index (χ1) is 19.4. The molecule has 40 heavy (non-hydrogen) atoms.